The first-order valence-corrected chi connectivity index (χ1v) is 10.3. The lowest BCUT2D eigenvalue weighted by Gasteiger charge is -2.32. The summed E-state index contributed by atoms with van der Waals surface area (Å²) in [5.41, 5.74) is 0.0515. The van der Waals surface area contributed by atoms with Gasteiger partial charge in [0.25, 0.3) is 5.91 Å². The van der Waals surface area contributed by atoms with E-state index in [1.165, 1.54) is 23.5 Å². The molecule has 1 aromatic heterocycles. The van der Waals surface area contributed by atoms with Crippen molar-refractivity contribution >= 4 is 27.3 Å². The van der Waals surface area contributed by atoms with Gasteiger partial charge in [0.15, 0.2) is 0 Å². The molecule has 1 aliphatic rings. The van der Waals surface area contributed by atoms with Crippen LogP contribution in [0.1, 0.15) is 28.1 Å². The van der Waals surface area contributed by atoms with Gasteiger partial charge in [-0.2, -0.15) is 0 Å². The highest BCUT2D eigenvalue weighted by molar-refractivity contribution is 7.91. The molecular formula is C17H19FN2O3S2. The van der Waals surface area contributed by atoms with Crippen LogP contribution in [0.25, 0.3) is 0 Å². The molecule has 5 nitrogen and oxygen atoms in total. The number of hydrogen-bond donors (Lipinski definition) is 1. The van der Waals surface area contributed by atoms with E-state index in [0.29, 0.717) is 30.1 Å². The Labute approximate surface area is 150 Å². The monoisotopic (exact) mass is 382 g/mol. The highest BCUT2D eigenvalue weighted by Gasteiger charge is 2.28. The van der Waals surface area contributed by atoms with E-state index in [1.807, 2.05) is 6.92 Å². The Kier molecular flexibility index (Phi) is 5.21. The molecular weight excluding hydrogens is 363 g/mol. The largest absolute Gasteiger partial charge is 0.338 e. The number of benzene rings is 1. The van der Waals surface area contributed by atoms with Crippen LogP contribution in [-0.2, 0) is 10.0 Å². The predicted octanol–water partition coefficient (Wildman–Crippen LogP) is 2.78. The summed E-state index contributed by atoms with van der Waals surface area (Å²) < 4.78 is 41.5. The summed E-state index contributed by atoms with van der Waals surface area (Å²) in [4.78, 5) is 14.9. The minimum absolute atomic E-state index is 0.0515. The Balaban J connectivity index is 1.61. The summed E-state index contributed by atoms with van der Waals surface area (Å²) in [5, 5.41) is 0. The van der Waals surface area contributed by atoms with Crippen LogP contribution in [0.3, 0.4) is 0 Å². The third kappa shape index (κ3) is 4.08. The molecule has 0 saturated carbocycles. The van der Waals surface area contributed by atoms with Gasteiger partial charge >= 0.3 is 0 Å². The van der Waals surface area contributed by atoms with Crippen molar-refractivity contribution in [2.45, 2.75) is 30.0 Å². The molecule has 2 heterocycles. The summed E-state index contributed by atoms with van der Waals surface area (Å²) in [7, 11) is -3.53. The molecule has 3 rings (SSSR count). The summed E-state index contributed by atoms with van der Waals surface area (Å²) in [6.45, 7) is 2.64. The molecule has 8 heteroatoms. The van der Waals surface area contributed by atoms with Gasteiger partial charge in [-0.05, 0) is 44.0 Å². The molecule has 0 bridgehead atoms. The number of amides is 1. The lowest BCUT2D eigenvalue weighted by molar-refractivity contribution is 0.0706. The van der Waals surface area contributed by atoms with Crippen LogP contribution in [0.15, 0.2) is 40.6 Å². The Morgan fingerprint density at radius 1 is 1.20 bits per heavy atom. The maximum absolute atomic E-state index is 13.7. The van der Waals surface area contributed by atoms with Crippen LogP contribution in [0.2, 0.25) is 0 Å². The minimum Gasteiger partial charge on any atom is -0.338 e. The van der Waals surface area contributed by atoms with E-state index in [2.05, 4.69) is 4.72 Å². The Morgan fingerprint density at radius 2 is 1.88 bits per heavy atom. The van der Waals surface area contributed by atoms with Crippen molar-refractivity contribution in [3.8, 4) is 0 Å². The third-order valence-electron chi connectivity index (χ3n) is 4.19. The standard InChI is InChI=1S/C17H19FN2O3S2/c1-12-6-7-16(24-12)25(22,23)19-13-8-10-20(11-9-13)17(21)14-4-2-3-5-15(14)18/h2-7,13,19H,8-11H2,1H3. The van der Waals surface area contributed by atoms with E-state index >= 15 is 0 Å². The van der Waals surface area contributed by atoms with Crippen LogP contribution in [-0.4, -0.2) is 38.4 Å². The smallest absolute Gasteiger partial charge is 0.256 e. The maximum Gasteiger partial charge on any atom is 0.256 e. The molecule has 1 N–H and O–H groups in total. The van der Waals surface area contributed by atoms with Crippen molar-refractivity contribution in [1.29, 1.82) is 0 Å². The summed E-state index contributed by atoms with van der Waals surface area (Å²) in [6, 6.07) is 9.04. The number of hydrogen-bond acceptors (Lipinski definition) is 4. The Morgan fingerprint density at radius 3 is 2.48 bits per heavy atom. The van der Waals surface area contributed by atoms with Gasteiger partial charge < -0.3 is 4.90 Å². The van der Waals surface area contributed by atoms with E-state index in [4.69, 9.17) is 0 Å². The SMILES string of the molecule is Cc1ccc(S(=O)(=O)NC2CCN(C(=O)c3ccccc3F)CC2)s1. The Hall–Kier alpha value is -1.77. The summed E-state index contributed by atoms with van der Waals surface area (Å²) >= 11 is 1.23. The van der Waals surface area contributed by atoms with Gasteiger partial charge in [0.2, 0.25) is 10.0 Å². The zero-order valence-corrected chi connectivity index (χ0v) is 15.4. The molecule has 0 aliphatic carbocycles. The fourth-order valence-corrected chi connectivity index (χ4v) is 5.44. The second-order valence-electron chi connectivity index (χ2n) is 6.03. The number of likely N-dealkylation sites (tertiary alicyclic amines) is 1. The van der Waals surface area contributed by atoms with Gasteiger partial charge in [0.1, 0.15) is 10.0 Å². The molecule has 1 amide bonds. The fraction of sp³-hybridized carbons (Fsp3) is 0.353. The van der Waals surface area contributed by atoms with Gasteiger partial charge in [-0.25, -0.2) is 17.5 Å². The molecule has 0 radical (unpaired) electrons. The molecule has 2 aromatic rings. The number of carbonyl (C=O) groups is 1. The fourth-order valence-electron chi connectivity index (χ4n) is 2.84. The van der Waals surface area contributed by atoms with Crippen molar-refractivity contribution in [3.05, 3.63) is 52.7 Å². The first kappa shape index (κ1) is 18.0. The number of halogens is 1. The predicted molar refractivity (Wildman–Crippen MR) is 94.7 cm³/mol. The summed E-state index contributed by atoms with van der Waals surface area (Å²) in [5.74, 6) is -0.892. The van der Waals surface area contributed by atoms with Crippen molar-refractivity contribution in [1.82, 2.24) is 9.62 Å². The number of nitrogens with zero attached hydrogens (tertiary/aromatic N) is 1. The normalized spacial score (nSPS) is 16.2. The van der Waals surface area contributed by atoms with Crippen LogP contribution < -0.4 is 4.72 Å². The van der Waals surface area contributed by atoms with E-state index < -0.39 is 15.8 Å². The minimum atomic E-state index is -3.53. The average Bonchev–Trinajstić information content (AvgIpc) is 3.03. The lowest BCUT2D eigenvalue weighted by atomic mass is 10.0. The molecule has 0 atom stereocenters. The third-order valence-corrected chi connectivity index (χ3v) is 7.20. The van der Waals surface area contributed by atoms with Crippen LogP contribution in [0.5, 0.6) is 0 Å². The van der Waals surface area contributed by atoms with Crippen LogP contribution >= 0.6 is 11.3 Å². The first-order chi connectivity index (χ1) is 11.9. The highest BCUT2D eigenvalue weighted by Crippen LogP contribution is 2.22. The molecule has 1 aromatic carbocycles. The number of carbonyl (C=O) groups excluding carboxylic acids is 1. The van der Waals surface area contributed by atoms with Gasteiger partial charge in [-0.3, -0.25) is 4.79 Å². The zero-order chi connectivity index (χ0) is 18.0. The molecule has 134 valence electrons. The van der Waals surface area contributed by atoms with E-state index in [-0.39, 0.29) is 17.5 Å². The topological polar surface area (TPSA) is 66.5 Å². The zero-order valence-electron chi connectivity index (χ0n) is 13.7. The molecule has 25 heavy (non-hydrogen) atoms. The lowest BCUT2D eigenvalue weighted by Crippen LogP contribution is -2.46. The molecule has 0 unspecified atom stereocenters. The maximum atomic E-state index is 13.7. The molecule has 0 spiro atoms. The number of piperidine rings is 1. The first-order valence-electron chi connectivity index (χ1n) is 7.99. The number of sulfonamides is 1. The molecule has 1 fully saturated rings. The average molecular weight is 382 g/mol. The highest BCUT2D eigenvalue weighted by atomic mass is 32.2. The van der Waals surface area contributed by atoms with Crippen LogP contribution in [0, 0.1) is 12.7 Å². The number of nitrogens with one attached hydrogen (secondary N) is 1. The van der Waals surface area contributed by atoms with Crippen LogP contribution in [0.4, 0.5) is 4.39 Å². The number of aryl methyl sites for hydroxylation is 1. The quantitative estimate of drug-likeness (QED) is 0.884. The van der Waals surface area contributed by atoms with Crippen molar-refractivity contribution in [2.75, 3.05) is 13.1 Å². The van der Waals surface area contributed by atoms with Gasteiger partial charge in [0, 0.05) is 24.0 Å². The molecule has 1 aliphatic heterocycles. The van der Waals surface area contributed by atoms with Crippen molar-refractivity contribution in [3.63, 3.8) is 0 Å². The number of rotatable bonds is 4. The number of thiophene rings is 1. The van der Waals surface area contributed by atoms with Gasteiger partial charge in [-0.15, -0.1) is 11.3 Å². The second kappa shape index (κ2) is 7.23. The van der Waals surface area contributed by atoms with E-state index in [0.717, 1.165) is 4.88 Å². The molecule has 1 saturated heterocycles. The van der Waals surface area contributed by atoms with Crippen molar-refractivity contribution in [2.24, 2.45) is 0 Å². The Bertz CT molecular complexity index is 872. The van der Waals surface area contributed by atoms with Gasteiger partial charge in [0.05, 0.1) is 5.56 Å². The summed E-state index contributed by atoms with van der Waals surface area (Å²) in [6.07, 6.45) is 1.01. The van der Waals surface area contributed by atoms with Crippen molar-refractivity contribution < 1.29 is 17.6 Å². The van der Waals surface area contributed by atoms with E-state index in [9.17, 15) is 17.6 Å². The van der Waals surface area contributed by atoms with Gasteiger partial charge in [-0.1, -0.05) is 12.1 Å². The second-order valence-corrected chi connectivity index (χ2v) is 9.26. The van der Waals surface area contributed by atoms with E-state index in [1.54, 1.807) is 29.2 Å².